The Kier molecular flexibility index (Phi) is 3.84. The van der Waals surface area contributed by atoms with Crippen LogP contribution in [0.3, 0.4) is 0 Å². The molecule has 0 aromatic carbocycles. The number of hydrogen-bond acceptors (Lipinski definition) is 5. The average Bonchev–Trinajstić information content (AvgIpc) is 2.84. The first-order chi connectivity index (χ1) is 9.28. The number of sulfone groups is 1. The van der Waals surface area contributed by atoms with Gasteiger partial charge in [0.05, 0.1) is 17.7 Å². The van der Waals surface area contributed by atoms with Gasteiger partial charge in [-0.15, -0.1) is 5.10 Å². The van der Waals surface area contributed by atoms with Crippen molar-refractivity contribution in [3.8, 4) is 0 Å². The molecule has 110 valence electrons. The van der Waals surface area contributed by atoms with Gasteiger partial charge in [0.15, 0.2) is 9.84 Å². The van der Waals surface area contributed by atoms with Gasteiger partial charge in [-0.3, -0.25) is 4.68 Å². The van der Waals surface area contributed by atoms with Crippen molar-refractivity contribution < 1.29 is 17.2 Å². The van der Waals surface area contributed by atoms with E-state index in [1.807, 2.05) is 0 Å². The molecule has 0 saturated heterocycles. The van der Waals surface area contributed by atoms with E-state index in [2.05, 4.69) is 15.4 Å². The second-order valence-electron chi connectivity index (χ2n) is 4.40. The largest absolute Gasteiger partial charge is 0.281 e. The predicted molar refractivity (Wildman–Crippen MR) is 65.5 cm³/mol. The predicted octanol–water partition coefficient (Wildman–Crippen LogP) is 0.601. The van der Waals surface area contributed by atoms with Gasteiger partial charge in [0.2, 0.25) is 0 Å². The molecule has 0 atom stereocenters. The van der Waals surface area contributed by atoms with Gasteiger partial charge in [-0.1, -0.05) is 5.21 Å². The quantitative estimate of drug-likeness (QED) is 0.808. The van der Waals surface area contributed by atoms with Gasteiger partial charge in [0, 0.05) is 25.9 Å². The van der Waals surface area contributed by atoms with E-state index in [1.54, 1.807) is 13.2 Å². The number of aromatic nitrogens is 5. The Bertz CT molecular complexity index is 707. The van der Waals surface area contributed by atoms with Crippen LogP contribution in [-0.2, 0) is 35.4 Å². The molecule has 20 heavy (non-hydrogen) atoms. The summed E-state index contributed by atoms with van der Waals surface area (Å²) in [5.74, 6) is -0.852. The second kappa shape index (κ2) is 5.27. The van der Waals surface area contributed by atoms with Gasteiger partial charge in [-0.05, 0) is 0 Å². The minimum absolute atomic E-state index is 0.216. The van der Waals surface area contributed by atoms with Gasteiger partial charge in [0.25, 0.3) is 6.43 Å². The Morgan fingerprint density at radius 2 is 2.00 bits per heavy atom. The van der Waals surface area contributed by atoms with E-state index in [9.17, 15) is 17.2 Å². The fourth-order valence-corrected chi connectivity index (χ4v) is 3.22. The highest BCUT2D eigenvalue weighted by molar-refractivity contribution is 7.89. The SMILES string of the molecule is Cn1cc(CS(=O)(=O)Cc2nnn(C)c2C(F)F)cn1. The molecule has 7 nitrogen and oxygen atoms in total. The summed E-state index contributed by atoms with van der Waals surface area (Å²) in [6, 6.07) is 0. The van der Waals surface area contributed by atoms with Crippen LogP contribution < -0.4 is 0 Å². The number of hydrogen-bond donors (Lipinski definition) is 0. The minimum Gasteiger partial charge on any atom is -0.276 e. The zero-order chi connectivity index (χ0) is 14.9. The molecule has 0 fully saturated rings. The highest BCUT2D eigenvalue weighted by Crippen LogP contribution is 2.22. The van der Waals surface area contributed by atoms with E-state index in [1.165, 1.54) is 17.9 Å². The molecule has 0 aliphatic rings. The van der Waals surface area contributed by atoms with Crippen molar-refractivity contribution in [2.24, 2.45) is 14.1 Å². The first kappa shape index (κ1) is 14.6. The number of alkyl halides is 2. The lowest BCUT2D eigenvalue weighted by atomic mass is 10.3. The first-order valence-electron chi connectivity index (χ1n) is 5.63. The fourth-order valence-electron chi connectivity index (χ4n) is 1.84. The zero-order valence-corrected chi connectivity index (χ0v) is 11.7. The normalized spacial score (nSPS) is 12.2. The van der Waals surface area contributed by atoms with E-state index in [0.717, 1.165) is 4.68 Å². The summed E-state index contributed by atoms with van der Waals surface area (Å²) in [6.07, 6.45) is 0.156. The van der Waals surface area contributed by atoms with E-state index in [4.69, 9.17) is 0 Å². The fraction of sp³-hybridized carbons (Fsp3) is 0.500. The summed E-state index contributed by atoms with van der Waals surface area (Å²) < 4.78 is 52.0. The molecule has 2 aromatic heterocycles. The number of nitrogens with zero attached hydrogens (tertiary/aromatic N) is 5. The molecular weight excluding hydrogens is 292 g/mol. The van der Waals surface area contributed by atoms with Gasteiger partial charge in [0.1, 0.15) is 11.4 Å². The van der Waals surface area contributed by atoms with Crippen molar-refractivity contribution in [3.05, 3.63) is 29.3 Å². The second-order valence-corrected chi connectivity index (χ2v) is 6.46. The van der Waals surface area contributed by atoms with E-state index in [0.29, 0.717) is 5.56 Å². The monoisotopic (exact) mass is 305 g/mol. The molecule has 0 unspecified atom stereocenters. The van der Waals surface area contributed by atoms with Crippen molar-refractivity contribution >= 4 is 9.84 Å². The van der Waals surface area contributed by atoms with E-state index < -0.39 is 27.7 Å². The molecule has 10 heteroatoms. The standard InChI is InChI=1S/C10H13F2N5O2S/c1-16-4-7(3-13-16)5-20(18,19)6-8-9(10(11)12)17(2)15-14-8/h3-4,10H,5-6H2,1-2H3. The smallest absolute Gasteiger partial charge is 0.276 e. The van der Waals surface area contributed by atoms with Crippen LogP contribution in [0, 0.1) is 0 Å². The Hall–Kier alpha value is -1.84. The van der Waals surface area contributed by atoms with Crippen LogP contribution in [0.4, 0.5) is 8.78 Å². The van der Waals surface area contributed by atoms with Gasteiger partial charge >= 0.3 is 0 Å². The number of rotatable bonds is 5. The molecule has 0 N–H and O–H groups in total. The van der Waals surface area contributed by atoms with Crippen LogP contribution in [0.1, 0.15) is 23.4 Å². The van der Waals surface area contributed by atoms with Crippen molar-refractivity contribution in [3.63, 3.8) is 0 Å². The van der Waals surface area contributed by atoms with Crippen LogP contribution in [0.25, 0.3) is 0 Å². The summed E-state index contributed by atoms with van der Waals surface area (Å²) in [5, 5.41) is 10.8. The molecule has 2 heterocycles. The summed E-state index contributed by atoms with van der Waals surface area (Å²) >= 11 is 0. The Morgan fingerprint density at radius 1 is 1.30 bits per heavy atom. The molecule has 0 saturated carbocycles. The molecule has 2 rings (SSSR count). The maximum atomic E-state index is 12.8. The van der Waals surface area contributed by atoms with E-state index in [-0.39, 0.29) is 11.4 Å². The van der Waals surface area contributed by atoms with Crippen LogP contribution in [0.5, 0.6) is 0 Å². The highest BCUT2D eigenvalue weighted by atomic mass is 32.2. The highest BCUT2D eigenvalue weighted by Gasteiger charge is 2.25. The molecule has 0 bridgehead atoms. The number of aryl methyl sites for hydroxylation is 2. The molecular formula is C10H13F2N5O2S. The van der Waals surface area contributed by atoms with Crippen molar-refractivity contribution in [2.75, 3.05) is 0 Å². The Balaban J connectivity index is 2.20. The van der Waals surface area contributed by atoms with E-state index >= 15 is 0 Å². The lowest BCUT2D eigenvalue weighted by Crippen LogP contribution is -2.10. The average molecular weight is 305 g/mol. The van der Waals surface area contributed by atoms with Crippen LogP contribution in [-0.4, -0.2) is 33.2 Å². The third-order valence-electron chi connectivity index (χ3n) is 2.65. The topological polar surface area (TPSA) is 82.7 Å². The molecule has 0 aliphatic heterocycles. The minimum atomic E-state index is -3.62. The lowest BCUT2D eigenvalue weighted by molar-refractivity contribution is 0.140. The maximum Gasteiger partial charge on any atom is 0.281 e. The molecule has 0 spiro atoms. The van der Waals surface area contributed by atoms with Crippen LogP contribution in [0.15, 0.2) is 12.4 Å². The summed E-state index contributed by atoms with van der Waals surface area (Å²) in [6.45, 7) is 0. The third kappa shape index (κ3) is 3.18. The van der Waals surface area contributed by atoms with Crippen molar-refractivity contribution in [2.45, 2.75) is 17.9 Å². The molecule has 2 aromatic rings. The number of halogens is 2. The third-order valence-corrected chi connectivity index (χ3v) is 4.14. The van der Waals surface area contributed by atoms with Crippen LogP contribution in [0.2, 0.25) is 0 Å². The molecule has 0 radical (unpaired) electrons. The Labute approximate surface area is 114 Å². The van der Waals surface area contributed by atoms with Crippen molar-refractivity contribution in [1.82, 2.24) is 24.8 Å². The molecule has 0 amide bonds. The maximum absolute atomic E-state index is 12.8. The zero-order valence-electron chi connectivity index (χ0n) is 10.9. The summed E-state index contributed by atoms with van der Waals surface area (Å²) in [5.41, 5.74) is -0.193. The van der Waals surface area contributed by atoms with Gasteiger partial charge < -0.3 is 0 Å². The Morgan fingerprint density at radius 3 is 2.55 bits per heavy atom. The van der Waals surface area contributed by atoms with Gasteiger partial charge in [-0.2, -0.15) is 5.10 Å². The first-order valence-corrected chi connectivity index (χ1v) is 7.45. The van der Waals surface area contributed by atoms with Gasteiger partial charge in [-0.25, -0.2) is 21.9 Å². The summed E-state index contributed by atoms with van der Waals surface area (Å²) in [4.78, 5) is 0. The van der Waals surface area contributed by atoms with Crippen LogP contribution >= 0.6 is 0 Å². The van der Waals surface area contributed by atoms with Crippen molar-refractivity contribution in [1.29, 1.82) is 0 Å². The lowest BCUT2D eigenvalue weighted by Gasteiger charge is -2.04. The molecule has 0 aliphatic carbocycles. The summed E-state index contributed by atoms with van der Waals surface area (Å²) in [7, 11) is -0.662.